The Bertz CT molecular complexity index is 231. The summed E-state index contributed by atoms with van der Waals surface area (Å²) in [4.78, 5) is 0. The number of hydrogen-bond donors (Lipinski definition) is 1. The Hall–Kier alpha value is -1.24. The van der Waals surface area contributed by atoms with E-state index in [4.69, 9.17) is 0 Å². The summed E-state index contributed by atoms with van der Waals surface area (Å²) in [5.41, 5.74) is 2.19. The molecule has 0 saturated carbocycles. The molecule has 0 unspecified atom stereocenters. The molecule has 0 aromatic carbocycles. The second kappa shape index (κ2) is 3.81. The zero-order valence-corrected chi connectivity index (χ0v) is 6.80. The van der Waals surface area contributed by atoms with Gasteiger partial charge in [-0.15, -0.1) is 0 Å². The van der Waals surface area contributed by atoms with E-state index in [1.165, 1.54) is 0 Å². The first-order valence-electron chi connectivity index (χ1n) is 3.73. The van der Waals surface area contributed by atoms with Gasteiger partial charge in [0.05, 0.1) is 0 Å². The Balaban J connectivity index is 2.76. The Kier molecular flexibility index (Phi) is 2.73. The van der Waals surface area contributed by atoms with Gasteiger partial charge in [-0.1, -0.05) is 30.9 Å². The van der Waals surface area contributed by atoms with Crippen LogP contribution in [0.5, 0.6) is 0 Å². The van der Waals surface area contributed by atoms with Gasteiger partial charge in [0.25, 0.3) is 0 Å². The maximum Gasteiger partial charge on any atom is 0.0330 e. The fourth-order valence-electron chi connectivity index (χ4n) is 0.923. The monoisotopic (exact) mass is 147 g/mol. The second-order valence-electron chi connectivity index (χ2n) is 2.57. The lowest BCUT2D eigenvalue weighted by Gasteiger charge is -2.01. The Labute approximate surface area is 67.8 Å². The van der Waals surface area contributed by atoms with Gasteiger partial charge in [-0.25, -0.2) is 0 Å². The van der Waals surface area contributed by atoms with Gasteiger partial charge in [-0.2, -0.15) is 0 Å². The lowest BCUT2D eigenvalue weighted by molar-refractivity contribution is 0.904. The minimum Gasteiger partial charge on any atom is -0.385 e. The molecule has 11 heavy (non-hydrogen) atoms. The quantitative estimate of drug-likeness (QED) is 0.553. The fraction of sp³-hybridized carbons (Fsp3) is 0.200. The summed E-state index contributed by atoms with van der Waals surface area (Å²) in [6.45, 7) is 6.80. The summed E-state index contributed by atoms with van der Waals surface area (Å²) in [6.07, 6.45) is 10.1. The maximum absolute atomic E-state index is 3.87. The highest BCUT2D eigenvalue weighted by molar-refractivity contribution is 5.32. The highest BCUT2D eigenvalue weighted by Crippen LogP contribution is 2.00. The van der Waals surface area contributed by atoms with Crippen molar-refractivity contribution in [1.29, 1.82) is 0 Å². The van der Waals surface area contributed by atoms with Crippen LogP contribution in [0, 0.1) is 0 Å². The molecule has 0 fully saturated rings. The van der Waals surface area contributed by atoms with Crippen LogP contribution in [-0.4, -0.2) is 6.54 Å². The third-order valence-corrected chi connectivity index (χ3v) is 1.46. The molecule has 0 aliphatic carbocycles. The van der Waals surface area contributed by atoms with Crippen LogP contribution < -0.4 is 5.32 Å². The van der Waals surface area contributed by atoms with E-state index < -0.39 is 0 Å². The summed E-state index contributed by atoms with van der Waals surface area (Å²) in [6, 6.07) is 0. The van der Waals surface area contributed by atoms with Gasteiger partial charge in [0.15, 0.2) is 0 Å². The first-order valence-corrected chi connectivity index (χ1v) is 3.73. The summed E-state index contributed by atoms with van der Waals surface area (Å²) < 4.78 is 0. The highest BCUT2D eigenvalue weighted by atomic mass is 14.9. The van der Waals surface area contributed by atoms with Crippen LogP contribution in [0.1, 0.15) is 6.92 Å². The predicted molar refractivity (Wildman–Crippen MR) is 49.2 cm³/mol. The molecule has 1 aliphatic rings. The molecule has 1 nitrogen and oxygen atoms in total. The van der Waals surface area contributed by atoms with Gasteiger partial charge in [0.1, 0.15) is 0 Å². The lowest BCUT2D eigenvalue weighted by atomic mass is 10.2. The van der Waals surface area contributed by atoms with Gasteiger partial charge in [0.2, 0.25) is 0 Å². The topological polar surface area (TPSA) is 12.0 Å². The van der Waals surface area contributed by atoms with E-state index in [2.05, 4.69) is 18.0 Å². The van der Waals surface area contributed by atoms with Crippen LogP contribution in [0.2, 0.25) is 0 Å². The molecule has 1 heterocycles. The molecule has 1 rings (SSSR count). The summed E-state index contributed by atoms with van der Waals surface area (Å²) in [5, 5.41) is 3.23. The van der Waals surface area contributed by atoms with Crippen LogP contribution >= 0.6 is 0 Å². The fourth-order valence-corrected chi connectivity index (χ4v) is 0.923. The number of allylic oxidation sites excluding steroid dienone is 6. The van der Waals surface area contributed by atoms with E-state index in [-0.39, 0.29) is 0 Å². The van der Waals surface area contributed by atoms with Crippen molar-refractivity contribution in [1.82, 2.24) is 5.32 Å². The Morgan fingerprint density at radius 1 is 1.45 bits per heavy atom. The summed E-state index contributed by atoms with van der Waals surface area (Å²) in [5.74, 6) is 0. The second-order valence-corrected chi connectivity index (χ2v) is 2.57. The number of nitrogens with one attached hydrogen (secondary N) is 1. The molecule has 0 spiro atoms. The molecule has 1 heteroatoms. The normalized spacial score (nSPS) is 23.7. The molecule has 0 atom stereocenters. The SMILES string of the molecule is C=C1C=C(C)NC/C=C\C=C/1. The van der Waals surface area contributed by atoms with Crippen LogP contribution in [0.4, 0.5) is 0 Å². The first kappa shape index (κ1) is 7.86. The van der Waals surface area contributed by atoms with Crippen molar-refractivity contribution in [2.75, 3.05) is 6.54 Å². The zero-order chi connectivity index (χ0) is 8.10. The smallest absolute Gasteiger partial charge is 0.0330 e. The highest BCUT2D eigenvalue weighted by Gasteiger charge is 1.88. The molecular formula is C10H13N. The van der Waals surface area contributed by atoms with E-state index >= 15 is 0 Å². The summed E-state index contributed by atoms with van der Waals surface area (Å²) in [7, 11) is 0. The molecule has 0 amide bonds. The van der Waals surface area contributed by atoms with Crippen molar-refractivity contribution >= 4 is 0 Å². The number of rotatable bonds is 0. The predicted octanol–water partition coefficient (Wildman–Crippen LogP) is 2.16. The lowest BCUT2D eigenvalue weighted by Crippen LogP contribution is -2.09. The molecule has 58 valence electrons. The van der Waals surface area contributed by atoms with Crippen molar-refractivity contribution in [3.8, 4) is 0 Å². The van der Waals surface area contributed by atoms with Crippen LogP contribution in [0.15, 0.2) is 48.2 Å². The molecule has 1 aliphatic heterocycles. The third-order valence-electron chi connectivity index (χ3n) is 1.46. The Morgan fingerprint density at radius 2 is 2.27 bits per heavy atom. The van der Waals surface area contributed by atoms with E-state index in [1.807, 2.05) is 31.2 Å². The van der Waals surface area contributed by atoms with Crippen molar-refractivity contribution in [3.05, 3.63) is 48.2 Å². The minimum atomic E-state index is 0.889. The first-order chi connectivity index (χ1) is 5.29. The van der Waals surface area contributed by atoms with Crippen LogP contribution in [-0.2, 0) is 0 Å². The summed E-state index contributed by atoms with van der Waals surface area (Å²) >= 11 is 0. The van der Waals surface area contributed by atoms with Gasteiger partial charge < -0.3 is 5.32 Å². The molecule has 0 aromatic heterocycles. The van der Waals surface area contributed by atoms with Crippen LogP contribution in [0.3, 0.4) is 0 Å². The van der Waals surface area contributed by atoms with E-state index in [9.17, 15) is 0 Å². The van der Waals surface area contributed by atoms with E-state index in [0.29, 0.717) is 0 Å². The molecular weight excluding hydrogens is 134 g/mol. The Morgan fingerprint density at radius 3 is 3.09 bits per heavy atom. The molecule has 0 saturated heterocycles. The van der Waals surface area contributed by atoms with Crippen molar-refractivity contribution < 1.29 is 0 Å². The average Bonchev–Trinajstić information content (AvgIpc) is 2.02. The van der Waals surface area contributed by atoms with Crippen molar-refractivity contribution in [2.45, 2.75) is 6.92 Å². The zero-order valence-electron chi connectivity index (χ0n) is 6.80. The van der Waals surface area contributed by atoms with Gasteiger partial charge in [0, 0.05) is 12.2 Å². The van der Waals surface area contributed by atoms with E-state index in [0.717, 1.165) is 17.8 Å². The molecule has 0 radical (unpaired) electrons. The molecule has 0 aromatic rings. The van der Waals surface area contributed by atoms with Crippen LogP contribution in [0.25, 0.3) is 0 Å². The standard InChI is InChI=1S/C10H13N/c1-9-6-4-3-5-7-11-10(2)8-9/h3-6,8,11H,1,7H2,2H3/b5-3-,6-4-,10-8?. The largest absolute Gasteiger partial charge is 0.385 e. The average molecular weight is 147 g/mol. The molecule has 1 N–H and O–H groups in total. The van der Waals surface area contributed by atoms with Gasteiger partial charge in [-0.3, -0.25) is 0 Å². The molecule has 0 bridgehead atoms. The van der Waals surface area contributed by atoms with E-state index in [1.54, 1.807) is 0 Å². The van der Waals surface area contributed by atoms with Crippen molar-refractivity contribution in [2.24, 2.45) is 0 Å². The van der Waals surface area contributed by atoms with Gasteiger partial charge in [-0.05, 0) is 18.6 Å². The van der Waals surface area contributed by atoms with Crippen molar-refractivity contribution in [3.63, 3.8) is 0 Å². The number of hydrogen-bond acceptors (Lipinski definition) is 1. The minimum absolute atomic E-state index is 0.889. The van der Waals surface area contributed by atoms with Gasteiger partial charge >= 0.3 is 0 Å². The third kappa shape index (κ3) is 2.89. The maximum atomic E-state index is 3.87.